The first-order chi connectivity index (χ1) is 16.0. The van der Waals surface area contributed by atoms with Crippen LogP contribution in [0, 0.1) is 0 Å². The Bertz CT molecular complexity index is 991. The molecule has 6 heteroatoms. The number of carbonyl (C=O) groups is 1. The lowest BCUT2D eigenvalue weighted by Crippen LogP contribution is -2.09. The molecule has 0 N–H and O–H groups in total. The molecule has 0 unspecified atom stereocenters. The number of unbranched alkanes of at least 4 members (excludes halogenated alkanes) is 3. The van der Waals surface area contributed by atoms with Crippen LogP contribution < -0.4 is 9.47 Å². The fourth-order valence-electron chi connectivity index (χ4n) is 3.28. The molecule has 0 spiro atoms. The quantitative estimate of drug-likeness (QED) is 0.191. The van der Waals surface area contributed by atoms with E-state index in [4.69, 9.17) is 18.6 Å². The van der Waals surface area contributed by atoms with Gasteiger partial charge in [-0.3, -0.25) is 4.79 Å². The van der Waals surface area contributed by atoms with Crippen LogP contribution in [0.15, 0.2) is 51.6 Å². The highest BCUT2D eigenvalue weighted by Crippen LogP contribution is 2.29. The Labute approximate surface area is 205 Å². The summed E-state index contributed by atoms with van der Waals surface area (Å²) in [5, 5.41) is 0.998. The van der Waals surface area contributed by atoms with Crippen LogP contribution in [0.2, 0.25) is 0 Å². The zero-order valence-corrected chi connectivity index (χ0v) is 21.7. The summed E-state index contributed by atoms with van der Waals surface area (Å²) in [5.74, 6) is 1.03. The number of esters is 1. The number of fused-ring (bicyclic) bond motifs is 1. The van der Waals surface area contributed by atoms with Gasteiger partial charge >= 0.3 is 5.97 Å². The van der Waals surface area contributed by atoms with Crippen LogP contribution in [0.5, 0.6) is 11.5 Å². The van der Waals surface area contributed by atoms with Crippen molar-refractivity contribution in [2.24, 2.45) is 0 Å². The van der Waals surface area contributed by atoms with Crippen LogP contribution in [-0.2, 0) is 22.6 Å². The number of rotatable bonds is 11. The smallest absolute Gasteiger partial charge is 0.310 e. The molecule has 0 saturated heterocycles. The average Bonchev–Trinajstić information content (AvgIpc) is 3.28. The number of hydrogen-bond donors (Lipinski definition) is 0. The van der Waals surface area contributed by atoms with E-state index >= 15 is 0 Å². The van der Waals surface area contributed by atoms with E-state index in [1.54, 1.807) is 13.2 Å². The fraction of sp³-hybridized carbons (Fsp3) is 0.444. The van der Waals surface area contributed by atoms with Gasteiger partial charge in [0, 0.05) is 17.0 Å². The lowest BCUT2D eigenvalue weighted by atomic mass is 10.1. The van der Waals surface area contributed by atoms with Crippen LogP contribution in [0.4, 0.5) is 0 Å². The molecular formula is C27H35BrO5. The average molecular weight is 519 g/mol. The Hall–Kier alpha value is -2.47. The summed E-state index contributed by atoms with van der Waals surface area (Å²) in [5.41, 5.74) is 2.56. The zero-order chi connectivity index (χ0) is 24.1. The van der Waals surface area contributed by atoms with E-state index in [0.717, 1.165) is 26.6 Å². The standard InChI is InChI=1S/C21H21BrO5.C6H14/c1-3-24-17-6-5-15(11-20(23)25-4-2)19(12-17)27-13-14-9-16-7-8-26-21(16)18(22)10-14;1-3-5-6-4-2/h5-10,12H,3-4,11,13H2,1-2H3;3-6H2,1-2H3. The second-order valence-electron chi connectivity index (χ2n) is 7.60. The van der Waals surface area contributed by atoms with Crippen molar-refractivity contribution < 1.29 is 23.4 Å². The summed E-state index contributed by atoms with van der Waals surface area (Å²) in [6.45, 7) is 9.43. The number of ether oxygens (including phenoxy) is 3. The highest BCUT2D eigenvalue weighted by atomic mass is 79.9. The van der Waals surface area contributed by atoms with E-state index < -0.39 is 0 Å². The van der Waals surface area contributed by atoms with Gasteiger partial charge in [0.15, 0.2) is 0 Å². The van der Waals surface area contributed by atoms with Gasteiger partial charge in [0.1, 0.15) is 23.7 Å². The van der Waals surface area contributed by atoms with Gasteiger partial charge in [-0.15, -0.1) is 0 Å². The zero-order valence-electron chi connectivity index (χ0n) is 20.1. The van der Waals surface area contributed by atoms with Crippen molar-refractivity contribution in [1.82, 2.24) is 0 Å². The molecule has 1 heterocycles. The molecule has 33 heavy (non-hydrogen) atoms. The predicted octanol–water partition coefficient (Wildman–Crippen LogP) is 7.87. The molecule has 0 aliphatic carbocycles. The summed E-state index contributed by atoms with van der Waals surface area (Å²) in [4.78, 5) is 11.9. The van der Waals surface area contributed by atoms with E-state index in [0.29, 0.717) is 31.3 Å². The summed E-state index contributed by atoms with van der Waals surface area (Å²) >= 11 is 3.52. The Morgan fingerprint density at radius 1 is 0.939 bits per heavy atom. The van der Waals surface area contributed by atoms with Crippen LogP contribution >= 0.6 is 15.9 Å². The van der Waals surface area contributed by atoms with Crippen molar-refractivity contribution in [3.05, 3.63) is 58.3 Å². The minimum Gasteiger partial charge on any atom is -0.494 e. The van der Waals surface area contributed by atoms with E-state index in [9.17, 15) is 4.79 Å². The normalized spacial score (nSPS) is 10.5. The molecule has 3 aromatic rings. The van der Waals surface area contributed by atoms with Gasteiger partial charge in [-0.2, -0.15) is 0 Å². The Morgan fingerprint density at radius 2 is 1.70 bits per heavy atom. The van der Waals surface area contributed by atoms with Gasteiger partial charge in [-0.05, 0) is 59.6 Å². The fourth-order valence-corrected chi connectivity index (χ4v) is 3.90. The molecule has 1 aromatic heterocycles. The number of hydrogen-bond acceptors (Lipinski definition) is 5. The molecule has 0 bridgehead atoms. The first-order valence-electron chi connectivity index (χ1n) is 11.7. The molecule has 0 aliphatic rings. The van der Waals surface area contributed by atoms with Gasteiger partial charge in [0.2, 0.25) is 0 Å². The lowest BCUT2D eigenvalue weighted by molar-refractivity contribution is -0.142. The van der Waals surface area contributed by atoms with Crippen LogP contribution in [0.3, 0.4) is 0 Å². The molecule has 0 amide bonds. The van der Waals surface area contributed by atoms with E-state index in [1.807, 2.05) is 43.3 Å². The summed E-state index contributed by atoms with van der Waals surface area (Å²) in [6, 6.07) is 11.4. The molecule has 0 aliphatic heterocycles. The SMILES string of the molecule is CCCCCC.CCOC(=O)Cc1ccc(OCC)cc1OCc1cc(Br)c2occc2c1. The first kappa shape index (κ1) is 26.8. The molecular weight excluding hydrogens is 484 g/mol. The van der Waals surface area contributed by atoms with E-state index in [1.165, 1.54) is 25.7 Å². The molecule has 2 aromatic carbocycles. The first-order valence-corrected chi connectivity index (χ1v) is 12.5. The Balaban J connectivity index is 0.000000569. The van der Waals surface area contributed by atoms with Crippen LogP contribution in [-0.4, -0.2) is 19.2 Å². The van der Waals surface area contributed by atoms with Crippen molar-refractivity contribution in [2.45, 2.75) is 66.4 Å². The maximum absolute atomic E-state index is 11.9. The largest absolute Gasteiger partial charge is 0.494 e. The van der Waals surface area contributed by atoms with Crippen LogP contribution in [0.1, 0.15) is 64.5 Å². The van der Waals surface area contributed by atoms with Crippen molar-refractivity contribution >= 4 is 32.9 Å². The van der Waals surface area contributed by atoms with Crippen molar-refractivity contribution in [3.63, 3.8) is 0 Å². The second kappa shape index (κ2) is 14.6. The number of benzene rings is 2. The minimum atomic E-state index is -0.283. The highest BCUT2D eigenvalue weighted by Gasteiger charge is 2.13. The van der Waals surface area contributed by atoms with E-state index in [-0.39, 0.29) is 12.4 Å². The maximum Gasteiger partial charge on any atom is 0.310 e. The Kier molecular flexibility index (Phi) is 11.9. The maximum atomic E-state index is 11.9. The molecule has 0 radical (unpaired) electrons. The number of halogens is 1. The third-order valence-corrected chi connectivity index (χ3v) is 5.50. The second-order valence-corrected chi connectivity index (χ2v) is 8.45. The number of furan rings is 1. The van der Waals surface area contributed by atoms with Gasteiger partial charge in [-0.1, -0.05) is 45.6 Å². The number of carbonyl (C=O) groups excluding carboxylic acids is 1. The van der Waals surface area contributed by atoms with Crippen molar-refractivity contribution in [3.8, 4) is 11.5 Å². The molecule has 0 saturated carbocycles. The highest BCUT2D eigenvalue weighted by molar-refractivity contribution is 9.10. The third kappa shape index (κ3) is 8.77. The molecule has 0 atom stereocenters. The van der Waals surface area contributed by atoms with Gasteiger partial charge in [-0.25, -0.2) is 0 Å². The van der Waals surface area contributed by atoms with Crippen molar-refractivity contribution in [1.29, 1.82) is 0 Å². The third-order valence-electron chi connectivity index (χ3n) is 4.91. The monoisotopic (exact) mass is 518 g/mol. The predicted molar refractivity (Wildman–Crippen MR) is 136 cm³/mol. The summed E-state index contributed by atoms with van der Waals surface area (Å²) in [6.07, 6.45) is 7.35. The summed E-state index contributed by atoms with van der Waals surface area (Å²) in [7, 11) is 0. The molecule has 3 rings (SSSR count). The van der Waals surface area contributed by atoms with Crippen LogP contribution in [0.25, 0.3) is 11.0 Å². The van der Waals surface area contributed by atoms with Gasteiger partial charge in [0.05, 0.1) is 30.4 Å². The topological polar surface area (TPSA) is 57.9 Å². The molecule has 180 valence electrons. The van der Waals surface area contributed by atoms with Crippen molar-refractivity contribution in [2.75, 3.05) is 13.2 Å². The Morgan fingerprint density at radius 3 is 2.36 bits per heavy atom. The van der Waals surface area contributed by atoms with E-state index in [2.05, 4.69) is 29.8 Å². The minimum absolute atomic E-state index is 0.153. The molecule has 0 fully saturated rings. The lowest BCUT2D eigenvalue weighted by Gasteiger charge is -2.14. The summed E-state index contributed by atoms with van der Waals surface area (Å²) < 4.78 is 23.0. The van der Waals surface area contributed by atoms with Gasteiger partial charge in [0.25, 0.3) is 0 Å². The molecule has 5 nitrogen and oxygen atoms in total. The van der Waals surface area contributed by atoms with Gasteiger partial charge < -0.3 is 18.6 Å².